The molecular formula is C21H22N4O2S. The molecule has 2 aromatic carbocycles. The van der Waals surface area contributed by atoms with Crippen molar-refractivity contribution in [3.05, 3.63) is 75.2 Å². The Morgan fingerprint density at radius 3 is 2.64 bits per heavy atom. The molecule has 0 atom stereocenters. The maximum absolute atomic E-state index is 12.7. The smallest absolute Gasteiger partial charge is 0.328 e. The predicted molar refractivity (Wildman–Crippen MR) is 115 cm³/mol. The van der Waals surface area contributed by atoms with Gasteiger partial charge in [0, 0.05) is 26.4 Å². The Balaban J connectivity index is 1.41. The fourth-order valence-electron chi connectivity index (χ4n) is 3.44. The molecule has 0 spiro atoms. The third-order valence-corrected chi connectivity index (χ3v) is 6.07. The molecule has 144 valence electrons. The molecule has 28 heavy (non-hydrogen) atoms. The highest BCUT2D eigenvalue weighted by atomic mass is 32.2. The van der Waals surface area contributed by atoms with E-state index in [2.05, 4.69) is 41.4 Å². The molecular weight excluding hydrogens is 372 g/mol. The van der Waals surface area contributed by atoms with Gasteiger partial charge < -0.3 is 4.57 Å². The maximum atomic E-state index is 12.7. The monoisotopic (exact) mass is 394 g/mol. The molecule has 4 rings (SSSR count). The van der Waals surface area contributed by atoms with Crippen molar-refractivity contribution >= 4 is 33.7 Å². The predicted octanol–water partition coefficient (Wildman–Crippen LogP) is 2.91. The maximum Gasteiger partial charge on any atom is 0.332 e. The van der Waals surface area contributed by atoms with Crippen molar-refractivity contribution in [2.45, 2.75) is 18.7 Å². The molecule has 0 radical (unpaired) electrons. The summed E-state index contributed by atoms with van der Waals surface area (Å²) in [5.41, 5.74) is 1.60. The summed E-state index contributed by atoms with van der Waals surface area (Å²) < 4.78 is 4.43. The highest BCUT2D eigenvalue weighted by Gasteiger charge is 2.14. The summed E-state index contributed by atoms with van der Waals surface area (Å²) in [6.45, 7) is 0.414. The number of aryl methyl sites for hydroxylation is 2. The summed E-state index contributed by atoms with van der Waals surface area (Å²) in [6, 6.07) is 14.9. The van der Waals surface area contributed by atoms with E-state index in [0.717, 1.165) is 17.9 Å². The molecule has 7 heteroatoms. The second-order valence-electron chi connectivity index (χ2n) is 6.91. The van der Waals surface area contributed by atoms with Crippen molar-refractivity contribution in [2.75, 3.05) is 5.75 Å². The van der Waals surface area contributed by atoms with E-state index in [1.54, 1.807) is 25.0 Å². The van der Waals surface area contributed by atoms with E-state index >= 15 is 0 Å². The average Bonchev–Trinajstić information content (AvgIpc) is 3.10. The van der Waals surface area contributed by atoms with Crippen LogP contribution in [0.5, 0.6) is 0 Å². The van der Waals surface area contributed by atoms with Gasteiger partial charge in [-0.15, -0.1) is 0 Å². The lowest BCUT2D eigenvalue weighted by molar-refractivity contribution is 0.594. The Kier molecular flexibility index (Phi) is 5.09. The van der Waals surface area contributed by atoms with Gasteiger partial charge in [0.05, 0.1) is 6.33 Å². The zero-order chi connectivity index (χ0) is 19.7. The van der Waals surface area contributed by atoms with Crippen LogP contribution in [0.1, 0.15) is 12.0 Å². The van der Waals surface area contributed by atoms with Gasteiger partial charge in [-0.05, 0) is 28.5 Å². The largest absolute Gasteiger partial charge is 0.332 e. The standard InChI is InChI=1S/C21H22N4O2S/c1-23-14-22-19-18(23)20(26)25(21(27)24(19)2)10-5-11-28-13-15-8-9-16-6-3-4-7-17(16)12-15/h3-4,6-9,12,14H,5,10-11,13H2,1-2H3. The van der Waals surface area contributed by atoms with Crippen molar-refractivity contribution in [3.63, 3.8) is 0 Å². The number of fused-ring (bicyclic) bond motifs is 2. The quantitative estimate of drug-likeness (QED) is 0.472. The van der Waals surface area contributed by atoms with Gasteiger partial charge in [0.15, 0.2) is 11.2 Å². The number of aromatic nitrogens is 4. The number of thioether (sulfide) groups is 1. The molecule has 0 bridgehead atoms. The van der Waals surface area contributed by atoms with Gasteiger partial charge in [0.1, 0.15) is 0 Å². The van der Waals surface area contributed by atoms with E-state index in [1.165, 1.54) is 25.5 Å². The van der Waals surface area contributed by atoms with Gasteiger partial charge in [-0.3, -0.25) is 13.9 Å². The minimum absolute atomic E-state index is 0.266. The van der Waals surface area contributed by atoms with Crippen LogP contribution in [-0.2, 0) is 26.4 Å². The number of nitrogens with zero attached hydrogens (tertiary/aromatic N) is 4. The van der Waals surface area contributed by atoms with Crippen molar-refractivity contribution in [2.24, 2.45) is 14.1 Å². The van der Waals surface area contributed by atoms with Crippen LogP contribution in [0.25, 0.3) is 21.9 Å². The molecule has 2 aromatic heterocycles. The molecule has 0 saturated heterocycles. The third-order valence-electron chi connectivity index (χ3n) is 4.95. The average molecular weight is 395 g/mol. The topological polar surface area (TPSA) is 61.8 Å². The first kappa shape index (κ1) is 18.6. The Labute approximate surface area is 166 Å². The summed E-state index contributed by atoms with van der Waals surface area (Å²) in [5, 5.41) is 2.50. The van der Waals surface area contributed by atoms with Crippen LogP contribution in [0.3, 0.4) is 0 Å². The summed E-state index contributed by atoms with van der Waals surface area (Å²) in [5.74, 6) is 1.80. The number of imidazole rings is 1. The molecule has 2 heterocycles. The highest BCUT2D eigenvalue weighted by Crippen LogP contribution is 2.19. The molecule has 0 aliphatic rings. The van der Waals surface area contributed by atoms with E-state index < -0.39 is 0 Å². The van der Waals surface area contributed by atoms with Gasteiger partial charge in [0.2, 0.25) is 0 Å². The molecule has 0 aliphatic heterocycles. The zero-order valence-electron chi connectivity index (χ0n) is 16.0. The van der Waals surface area contributed by atoms with Gasteiger partial charge in [-0.1, -0.05) is 42.5 Å². The molecule has 6 nitrogen and oxygen atoms in total. The van der Waals surface area contributed by atoms with E-state index in [4.69, 9.17) is 0 Å². The number of hydrogen-bond acceptors (Lipinski definition) is 4. The van der Waals surface area contributed by atoms with Gasteiger partial charge >= 0.3 is 5.69 Å². The van der Waals surface area contributed by atoms with Crippen LogP contribution in [0, 0.1) is 0 Å². The SMILES string of the molecule is Cn1cnc2c1c(=O)n(CCCSCc1ccc3ccccc3c1)c(=O)n2C. The van der Waals surface area contributed by atoms with Gasteiger partial charge in [0.25, 0.3) is 5.56 Å². The Hall–Kier alpha value is -2.80. The minimum Gasteiger partial charge on any atom is -0.328 e. The first-order valence-corrected chi connectivity index (χ1v) is 10.4. The third kappa shape index (κ3) is 3.38. The lowest BCUT2D eigenvalue weighted by atomic mass is 10.1. The van der Waals surface area contributed by atoms with E-state index in [9.17, 15) is 9.59 Å². The lowest BCUT2D eigenvalue weighted by Crippen LogP contribution is -2.39. The van der Waals surface area contributed by atoms with E-state index in [-0.39, 0.29) is 11.2 Å². The number of rotatable bonds is 6. The molecule has 0 fully saturated rings. The zero-order valence-corrected chi connectivity index (χ0v) is 16.8. The fourth-order valence-corrected chi connectivity index (χ4v) is 4.33. The normalized spacial score (nSPS) is 11.5. The summed E-state index contributed by atoms with van der Waals surface area (Å²) in [6.07, 6.45) is 2.33. The lowest BCUT2D eigenvalue weighted by Gasteiger charge is -2.09. The van der Waals surface area contributed by atoms with Crippen molar-refractivity contribution < 1.29 is 0 Å². The molecule has 0 N–H and O–H groups in total. The van der Waals surface area contributed by atoms with Crippen molar-refractivity contribution in [3.8, 4) is 0 Å². The Bertz CT molecular complexity index is 1270. The van der Waals surface area contributed by atoms with Crippen LogP contribution in [-0.4, -0.2) is 24.4 Å². The summed E-state index contributed by atoms with van der Waals surface area (Å²) in [4.78, 5) is 29.3. The second kappa shape index (κ2) is 7.67. The number of hydrogen-bond donors (Lipinski definition) is 0. The first-order chi connectivity index (χ1) is 13.6. The molecule has 0 saturated carbocycles. The summed E-state index contributed by atoms with van der Waals surface area (Å²) in [7, 11) is 3.42. The van der Waals surface area contributed by atoms with Crippen LogP contribution in [0.15, 0.2) is 58.4 Å². The fraction of sp³-hybridized carbons (Fsp3) is 0.286. The minimum atomic E-state index is -0.310. The summed E-state index contributed by atoms with van der Waals surface area (Å²) >= 11 is 1.82. The van der Waals surface area contributed by atoms with Crippen molar-refractivity contribution in [1.29, 1.82) is 0 Å². The molecule has 0 unspecified atom stereocenters. The van der Waals surface area contributed by atoms with Crippen LogP contribution >= 0.6 is 11.8 Å². The van der Waals surface area contributed by atoms with E-state index in [1.807, 2.05) is 17.8 Å². The Morgan fingerprint density at radius 2 is 1.82 bits per heavy atom. The van der Waals surface area contributed by atoms with Gasteiger partial charge in [-0.25, -0.2) is 9.78 Å². The second-order valence-corrected chi connectivity index (χ2v) is 8.02. The molecule has 0 aliphatic carbocycles. The van der Waals surface area contributed by atoms with Crippen LogP contribution in [0.4, 0.5) is 0 Å². The van der Waals surface area contributed by atoms with Crippen molar-refractivity contribution in [1.82, 2.24) is 18.7 Å². The van der Waals surface area contributed by atoms with Crippen LogP contribution in [0.2, 0.25) is 0 Å². The first-order valence-electron chi connectivity index (χ1n) is 9.22. The highest BCUT2D eigenvalue weighted by molar-refractivity contribution is 7.98. The van der Waals surface area contributed by atoms with E-state index in [0.29, 0.717) is 17.7 Å². The van der Waals surface area contributed by atoms with Gasteiger partial charge in [-0.2, -0.15) is 11.8 Å². The Morgan fingerprint density at radius 1 is 1.04 bits per heavy atom. The molecule has 0 amide bonds. The molecule has 4 aromatic rings. The number of benzene rings is 2. The van der Waals surface area contributed by atoms with Crippen LogP contribution < -0.4 is 11.2 Å².